The third-order valence-corrected chi connectivity index (χ3v) is 3.25. The predicted octanol–water partition coefficient (Wildman–Crippen LogP) is 2.10. The Morgan fingerprint density at radius 2 is 2.00 bits per heavy atom. The van der Waals surface area contributed by atoms with E-state index in [2.05, 4.69) is 25.3 Å². The van der Waals surface area contributed by atoms with Crippen LogP contribution in [0.1, 0.15) is 32.1 Å². The normalized spacial score (nSPS) is 16.4. The Kier molecular flexibility index (Phi) is 3.86. The molecule has 18 heavy (non-hydrogen) atoms. The van der Waals surface area contributed by atoms with E-state index >= 15 is 0 Å². The monoisotopic (exact) mass is 268 g/mol. The molecule has 0 saturated heterocycles. The first kappa shape index (κ1) is 12.9. The Hall–Kier alpha value is -1.56. The topological polar surface area (TPSA) is 92.5 Å². The number of hydrogen-bond acceptors (Lipinski definition) is 5. The molecule has 6 nitrogen and oxygen atoms in total. The van der Waals surface area contributed by atoms with Crippen LogP contribution in [0.15, 0.2) is 6.33 Å². The van der Waals surface area contributed by atoms with Crippen LogP contribution >= 0.6 is 12.4 Å². The molecule has 2 aromatic rings. The van der Waals surface area contributed by atoms with E-state index in [1.54, 1.807) is 6.33 Å². The molecule has 0 aromatic carbocycles. The molecule has 0 amide bonds. The predicted molar refractivity (Wildman–Crippen MR) is 73.8 cm³/mol. The summed E-state index contributed by atoms with van der Waals surface area (Å²) in [5.41, 5.74) is 7.13. The van der Waals surface area contributed by atoms with Gasteiger partial charge in [0, 0.05) is 6.04 Å². The van der Waals surface area contributed by atoms with E-state index < -0.39 is 0 Å². The molecule has 0 atom stereocenters. The molecule has 0 spiro atoms. The Morgan fingerprint density at radius 1 is 1.22 bits per heavy atom. The van der Waals surface area contributed by atoms with Crippen molar-refractivity contribution in [1.29, 1.82) is 0 Å². The first-order valence-corrected chi connectivity index (χ1v) is 6.06. The van der Waals surface area contributed by atoms with Crippen LogP contribution in [-0.4, -0.2) is 26.0 Å². The molecule has 0 unspecified atom stereocenters. The van der Waals surface area contributed by atoms with Gasteiger partial charge in [0.15, 0.2) is 11.5 Å². The maximum atomic E-state index is 5.67. The van der Waals surface area contributed by atoms with Crippen molar-refractivity contribution in [3.8, 4) is 0 Å². The lowest BCUT2D eigenvalue weighted by molar-refractivity contribution is 0.462. The van der Waals surface area contributed by atoms with Gasteiger partial charge in [0.25, 0.3) is 0 Å². The van der Waals surface area contributed by atoms with Crippen LogP contribution < -0.4 is 11.1 Å². The minimum Gasteiger partial charge on any atom is -0.368 e. The number of halogens is 1. The quantitative estimate of drug-likeness (QED) is 0.776. The number of nitrogen functional groups attached to an aromatic ring is 1. The van der Waals surface area contributed by atoms with Crippen LogP contribution in [0.4, 0.5) is 11.8 Å². The van der Waals surface area contributed by atoms with Crippen molar-refractivity contribution in [3.63, 3.8) is 0 Å². The Balaban J connectivity index is 0.00000120. The Morgan fingerprint density at radius 3 is 2.78 bits per heavy atom. The van der Waals surface area contributed by atoms with Crippen molar-refractivity contribution in [2.75, 3.05) is 11.1 Å². The number of aromatic amines is 1. The molecule has 0 bridgehead atoms. The SMILES string of the molecule is Cl.Nc1nc(NC2CCCCC2)c2[nH]cnc2n1. The van der Waals surface area contributed by atoms with Gasteiger partial charge in [-0.25, -0.2) is 4.98 Å². The van der Waals surface area contributed by atoms with Crippen LogP contribution in [-0.2, 0) is 0 Å². The van der Waals surface area contributed by atoms with Gasteiger partial charge in [-0.3, -0.25) is 0 Å². The van der Waals surface area contributed by atoms with Crippen molar-refractivity contribution < 1.29 is 0 Å². The van der Waals surface area contributed by atoms with Crippen LogP contribution in [0.2, 0.25) is 0 Å². The molecule has 3 rings (SSSR count). The van der Waals surface area contributed by atoms with E-state index in [0.29, 0.717) is 11.7 Å². The summed E-state index contributed by atoms with van der Waals surface area (Å²) in [6.07, 6.45) is 7.90. The minimum atomic E-state index is 0. The van der Waals surface area contributed by atoms with Crippen molar-refractivity contribution >= 4 is 35.3 Å². The lowest BCUT2D eigenvalue weighted by atomic mass is 9.95. The van der Waals surface area contributed by atoms with Gasteiger partial charge < -0.3 is 16.0 Å². The molecule has 1 aliphatic rings. The minimum absolute atomic E-state index is 0. The highest BCUT2D eigenvalue weighted by molar-refractivity contribution is 5.85. The lowest BCUT2D eigenvalue weighted by Crippen LogP contribution is -2.23. The summed E-state index contributed by atoms with van der Waals surface area (Å²) in [7, 11) is 0. The van der Waals surface area contributed by atoms with Gasteiger partial charge in [0.05, 0.1) is 6.33 Å². The number of hydrogen-bond donors (Lipinski definition) is 3. The number of H-pyrrole nitrogens is 1. The zero-order valence-corrected chi connectivity index (χ0v) is 10.8. The molecule has 1 fully saturated rings. The van der Waals surface area contributed by atoms with E-state index in [-0.39, 0.29) is 18.4 Å². The summed E-state index contributed by atoms with van der Waals surface area (Å²) in [5, 5.41) is 3.45. The molecule has 1 aliphatic carbocycles. The van der Waals surface area contributed by atoms with Gasteiger partial charge in [0.1, 0.15) is 5.52 Å². The summed E-state index contributed by atoms with van der Waals surface area (Å²) in [4.78, 5) is 15.5. The van der Waals surface area contributed by atoms with Crippen molar-refractivity contribution in [2.24, 2.45) is 0 Å². The second-order valence-corrected chi connectivity index (χ2v) is 4.51. The number of nitrogens with zero attached hydrogens (tertiary/aromatic N) is 3. The highest BCUT2D eigenvalue weighted by Crippen LogP contribution is 2.24. The van der Waals surface area contributed by atoms with Crippen LogP contribution in [0.3, 0.4) is 0 Å². The van der Waals surface area contributed by atoms with Crippen molar-refractivity contribution in [2.45, 2.75) is 38.1 Å². The summed E-state index contributed by atoms with van der Waals surface area (Å²) in [5.74, 6) is 1.04. The second-order valence-electron chi connectivity index (χ2n) is 4.51. The smallest absolute Gasteiger partial charge is 0.224 e. The fraction of sp³-hybridized carbons (Fsp3) is 0.545. The van der Waals surface area contributed by atoms with Gasteiger partial charge >= 0.3 is 0 Å². The molecule has 1 saturated carbocycles. The molecular formula is C11H17ClN6. The fourth-order valence-corrected chi connectivity index (χ4v) is 2.39. The maximum absolute atomic E-state index is 5.67. The largest absolute Gasteiger partial charge is 0.368 e. The number of aromatic nitrogens is 4. The summed E-state index contributed by atoms with van der Waals surface area (Å²) in [6.45, 7) is 0. The van der Waals surface area contributed by atoms with Crippen molar-refractivity contribution in [1.82, 2.24) is 19.9 Å². The third kappa shape index (κ3) is 2.48. The molecule has 2 aromatic heterocycles. The zero-order valence-electron chi connectivity index (χ0n) is 10.0. The number of fused-ring (bicyclic) bond motifs is 1. The molecule has 98 valence electrons. The summed E-state index contributed by atoms with van der Waals surface area (Å²) < 4.78 is 0. The van der Waals surface area contributed by atoms with Crippen LogP contribution in [0, 0.1) is 0 Å². The third-order valence-electron chi connectivity index (χ3n) is 3.25. The number of nitrogens with two attached hydrogens (primary N) is 1. The average Bonchev–Trinajstić information content (AvgIpc) is 2.78. The number of nitrogens with one attached hydrogen (secondary N) is 2. The van der Waals surface area contributed by atoms with E-state index in [0.717, 1.165) is 11.3 Å². The van der Waals surface area contributed by atoms with E-state index in [4.69, 9.17) is 5.73 Å². The maximum Gasteiger partial charge on any atom is 0.224 e. The van der Waals surface area contributed by atoms with Gasteiger partial charge in [0.2, 0.25) is 5.95 Å². The molecule has 7 heteroatoms. The van der Waals surface area contributed by atoms with Gasteiger partial charge in [-0.15, -0.1) is 12.4 Å². The second kappa shape index (κ2) is 5.39. The number of imidazole rings is 1. The number of rotatable bonds is 2. The molecule has 0 radical (unpaired) electrons. The first-order valence-electron chi connectivity index (χ1n) is 6.06. The van der Waals surface area contributed by atoms with E-state index in [1.807, 2.05) is 0 Å². The van der Waals surface area contributed by atoms with Gasteiger partial charge in [-0.2, -0.15) is 9.97 Å². The highest BCUT2D eigenvalue weighted by Gasteiger charge is 2.16. The first-order chi connectivity index (χ1) is 8.33. The van der Waals surface area contributed by atoms with Crippen molar-refractivity contribution in [3.05, 3.63) is 6.33 Å². The summed E-state index contributed by atoms with van der Waals surface area (Å²) >= 11 is 0. The van der Waals surface area contributed by atoms with Gasteiger partial charge in [-0.05, 0) is 12.8 Å². The molecule has 2 heterocycles. The number of anilines is 2. The van der Waals surface area contributed by atoms with Crippen LogP contribution in [0.25, 0.3) is 11.2 Å². The standard InChI is InChI=1S/C11H16N6.ClH/c12-11-16-9-8(13-6-14-9)10(17-11)15-7-4-2-1-3-5-7;/h6-7H,1-5H2,(H4,12,13,14,15,16,17);1H. The van der Waals surface area contributed by atoms with E-state index in [1.165, 1.54) is 32.1 Å². The molecule has 4 N–H and O–H groups in total. The zero-order chi connectivity index (χ0) is 11.7. The average molecular weight is 269 g/mol. The Labute approximate surface area is 111 Å². The molecular weight excluding hydrogens is 252 g/mol. The molecule has 0 aliphatic heterocycles. The Bertz CT molecular complexity index is 519. The highest BCUT2D eigenvalue weighted by atomic mass is 35.5. The fourth-order valence-electron chi connectivity index (χ4n) is 2.39. The van der Waals surface area contributed by atoms with Gasteiger partial charge in [-0.1, -0.05) is 19.3 Å². The van der Waals surface area contributed by atoms with Crippen LogP contribution in [0.5, 0.6) is 0 Å². The summed E-state index contributed by atoms with van der Waals surface area (Å²) in [6, 6.07) is 0.490. The van der Waals surface area contributed by atoms with E-state index in [9.17, 15) is 0 Å². The lowest BCUT2D eigenvalue weighted by Gasteiger charge is -2.23.